The number of methoxy groups -OCH3 is 2. The highest BCUT2D eigenvalue weighted by Gasteiger charge is 2.11. The molecule has 0 radical (unpaired) electrons. The van der Waals surface area contributed by atoms with Gasteiger partial charge in [-0.15, -0.1) is 0 Å². The highest BCUT2D eigenvalue weighted by molar-refractivity contribution is 5.78. The topological polar surface area (TPSA) is 73.6 Å². The van der Waals surface area contributed by atoms with E-state index in [1.54, 1.807) is 20.3 Å². The number of aryl methyl sites for hydroxylation is 1. The van der Waals surface area contributed by atoms with Crippen molar-refractivity contribution in [3.8, 4) is 22.8 Å². The first-order chi connectivity index (χ1) is 13.6. The molecule has 146 valence electrons. The Hall–Kier alpha value is -3.28. The molecule has 0 aliphatic carbocycles. The van der Waals surface area contributed by atoms with E-state index in [2.05, 4.69) is 10.5 Å². The number of carbonyl (C=O) groups is 1. The van der Waals surface area contributed by atoms with E-state index in [1.165, 1.54) is 5.56 Å². The van der Waals surface area contributed by atoms with Crippen LogP contribution in [0.2, 0.25) is 0 Å². The molecule has 3 aromatic rings. The molecule has 1 amide bonds. The van der Waals surface area contributed by atoms with E-state index in [1.807, 2.05) is 49.4 Å². The van der Waals surface area contributed by atoms with Crippen LogP contribution in [0, 0.1) is 6.92 Å². The minimum atomic E-state index is -0.0933. The summed E-state index contributed by atoms with van der Waals surface area (Å²) in [7, 11) is 3.21. The van der Waals surface area contributed by atoms with Crippen molar-refractivity contribution in [1.29, 1.82) is 0 Å². The van der Waals surface area contributed by atoms with Crippen molar-refractivity contribution in [1.82, 2.24) is 10.5 Å². The van der Waals surface area contributed by atoms with Gasteiger partial charge in [0.15, 0.2) is 17.3 Å². The number of hydrogen-bond donors (Lipinski definition) is 1. The van der Waals surface area contributed by atoms with Crippen molar-refractivity contribution in [3.63, 3.8) is 0 Å². The molecule has 3 rings (SSSR count). The summed E-state index contributed by atoms with van der Waals surface area (Å²) < 4.78 is 15.9. The SMILES string of the molecule is COc1ccc(CCNC(=O)Cc2cc(-c3ccc(C)cc3)on2)cc1OC. The number of ether oxygens (including phenoxy) is 2. The maximum Gasteiger partial charge on any atom is 0.226 e. The predicted molar refractivity (Wildman–Crippen MR) is 107 cm³/mol. The van der Waals surface area contributed by atoms with Gasteiger partial charge in [0.2, 0.25) is 5.91 Å². The smallest absolute Gasteiger partial charge is 0.226 e. The maximum absolute atomic E-state index is 12.2. The predicted octanol–water partition coefficient (Wildman–Crippen LogP) is 3.57. The summed E-state index contributed by atoms with van der Waals surface area (Å²) >= 11 is 0. The summed E-state index contributed by atoms with van der Waals surface area (Å²) in [6.45, 7) is 2.55. The Balaban J connectivity index is 1.50. The molecule has 6 heteroatoms. The van der Waals surface area contributed by atoms with Crippen LogP contribution < -0.4 is 14.8 Å². The minimum absolute atomic E-state index is 0.0933. The number of benzene rings is 2. The molecule has 28 heavy (non-hydrogen) atoms. The van der Waals surface area contributed by atoms with Gasteiger partial charge in [0, 0.05) is 18.2 Å². The Labute approximate surface area is 164 Å². The third kappa shape index (κ3) is 4.91. The van der Waals surface area contributed by atoms with Gasteiger partial charge < -0.3 is 19.3 Å². The van der Waals surface area contributed by atoms with Crippen LogP contribution in [0.15, 0.2) is 53.1 Å². The van der Waals surface area contributed by atoms with Crippen molar-refractivity contribution in [2.24, 2.45) is 0 Å². The van der Waals surface area contributed by atoms with E-state index in [4.69, 9.17) is 14.0 Å². The van der Waals surface area contributed by atoms with Crippen molar-refractivity contribution in [2.75, 3.05) is 20.8 Å². The number of aromatic nitrogens is 1. The van der Waals surface area contributed by atoms with Gasteiger partial charge in [-0.05, 0) is 31.0 Å². The van der Waals surface area contributed by atoms with Gasteiger partial charge in [-0.1, -0.05) is 41.1 Å². The first kappa shape index (κ1) is 19.5. The molecule has 1 N–H and O–H groups in total. The van der Waals surface area contributed by atoms with Gasteiger partial charge in [0.05, 0.1) is 26.3 Å². The normalized spacial score (nSPS) is 10.5. The highest BCUT2D eigenvalue weighted by atomic mass is 16.5. The van der Waals surface area contributed by atoms with E-state index in [0.717, 1.165) is 11.1 Å². The summed E-state index contributed by atoms with van der Waals surface area (Å²) in [5.41, 5.74) is 3.79. The van der Waals surface area contributed by atoms with Crippen LogP contribution in [0.5, 0.6) is 11.5 Å². The molecule has 0 unspecified atom stereocenters. The average molecular weight is 380 g/mol. The molecule has 0 spiro atoms. The van der Waals surface area contributed by atoms with Crippen LogP contribution in [0.3, 0.4) is 0 Å². The zero-order chi connectivity index (χ0) is 19.9. The number of amides is 1. The second kappa shape index (κ2) is 9.08. The zero-order valence-corrected chi connectivity index (χ0v) is 16.3. The third-order valence-electron chi connectivity index (χ3n) is 4.42. The summed E-state index contributed by atoms with van der Waals surface area (Å²) in [6.07, 6.45) is 0.876. The number of carbonyl (C=O) groups excluding carboxylic acids is 1. The van der Waals surface area contributed by atoms with E-state index >= 15 is 0 Å². The average Bonchev–Trinajstić information content (AvgIpc) is 3.16. The molecule has 0 saturated carbocycles. The summed E-state index contributed by atoms with van der Waals surface area (Å²) in [6, 6.07) is 15.5. The molecular formula is C22H24N2O4. The monoisotopic (exact) mass is 380 g/mol. The van der Waals surface area contributed by atoms with Crippen LogP contribution in [0.1, 0.15) is 16.8 Å². The standard InChI is InChI=1S/C22H24N2O4/c1-15-4-7-17(8-5-15)20-13-18(24-28-20)14-22(25)23-11-10-16-6-9-19(26-2)21(12-16)27-3/h4-9,12-13H,10-11,14H2,1-3H3,(H,23,25). The van der Waals surface area contributed by atoms with Crippen molar-refractivity contribution < 1.29 is 18.8 Å². The van der Waals surface area contributed by atoms with E-state index in [9.17, 15) is 4.79 Å². The first-order valence-corrected chi connectivity index (χ1v) is 9.09. The maximum atomic E-state index is 12.2. The van der Waals surface area contributed by atoms with Crippen LogP contribution in [0.4, 0.5) is 0 Å². The van der Waals surface area contributed by atoms with Crippen LogP contribution >= 0.6 is 0 Å². The molecule has 0 aliphatic heterocycles. The fourth-order valence-electron chi connectivity index (χ4n) is 2.86. The Morgan fingerprint density at radius 3 is 2.50 bits per heavy atom. The first-order valence-electron chi connectivity index (χ1n) is 9.09. The molecule has 0 atom stereocenters. The van der Waals surface area contributed by atoms with Crippen LogP contribution in [0.25, 0.3) is 11.3 Å². The fraction of sp³-hybridized carbons (Fsp3) is 0.273. The van der Waals surface area contributed by atoms with E-state index in [0.29, 0.717) is 35.9 Å². The quantitative estimate of drug-likeness (QED) is 0.647. The van der Waals surface area contributed by atoms with Gasteiger partial charge in [-0.3, -0.25) is 4.79 Å². The third-order valence-corrected chi connectivity index (χ3v) is 4.42. The van der Waals surface area contributed by atoms with E-state index in [-0.39, 0.29) is 12.3 Å². The molecule has 1 heterocycles. The molecule has 0 aliphatic rings. The summed E-state index contributed by atoms with van der Waals surface area (Å²) in [5, 5.41) is 6.91. The number of nitrogens with one attached hydrogen (secondary N) is 1. The lowest BCUT2D eigenvalue weighted by atomic mass is 10.1. The number of hydrogen-bond acceptors (Lipinski definition) is 5. The molecule has 0 fully saturated rings. The lowest BCUT2D eigenvalue weighted by Gasteiger charge is -2.10. The Morgan fingerprint density at radius 2 is 1.79 bits per heavy atom. The lowest BCUT2D eigenvalue weighted by molar-refractivity contribution is -0.120. The molecule has 1 aromatic heterocycles. The molecule has 0 saturated heterocycles. The van der Waals surface area contributed by atoms with Crippen molar-refractivity contribution in [2.45, 2.75) is 19.8 Å². The van der Waals surface area contributed by atoms with Gasteiger partial charge in [0.25, 0.3) is 0 Å². The van der Waals surface area contributed by atoms with E-state index < -0.39 is 0 Å². The Morgan fingerprint density at radius 1 is 1.04 bits per heavy atom. The minimum Gasteiger partial charge on any atom is -0.493 e. The van der Waals surface area contributed by atoms with Crippen molar-refractivity contribution in [3.05, 3.63) is 65.4 Å². The van der Waals surface area contributed by atoms with Crippen LogP contribution in [-0.2, 0) is 17.6 Å². The Kier molecular flexibility index (Phi) is 6.32. The molecule has 0 bridgehead atoms. The second-order valence-corrected chi connectivity index (χ2v) is 6.51. The number of rotatable bonds is 8. The van der Waals surface area contributed by atoms with Gasteiger partial charge >= 0.3 is 0 Å². The summed E-state index contributed by atoms with van der Waals surface area (Å²) in [4.78, 5) is 12.2. The van der Waals surface area contributed by atoms with Gasteiger partial charge in [-0.25, -0.2) is 0 Å². The molecule has 2 aromatic carbocycles. The zero-order valence-electron chi connectivity index (χ0n) is 16.3. The highest BCUT2D eigenvalue weighted by Crippen LogP contribution is 2.27. The van der Waals surface area contributed by atoms with Gasteiger partial charge in [0.1, 0.15) is 0 Å². The second-order valence-electron chi connectivity index (χ2n) is 6.51. The van der Waals surface area contributed by atoms with Gasteiger partial charge in [-0.2, -0.15) is 0 Å². The lowest BCUT2D eigenvalue weighted by Crippen LogP contribution is -2.27. The largest absolute Gasteiger partial charge is 0.493 e. The molecular weight excluding hydrogens is 356 g/mol. The Bertz CT molecular complexity index is 932. The molecule has 6 nitrogen and oxygen atoms in total. The number of nitrogens with zero attached hydrogens (tertiary/aromatic N) is 1. The van der Waals surface area contributed by atoms with Crippen LogP contribution in [-0.4, -0.2) is 31.8 Å². The fourth-order valence-corrected chi connectivity index (χ4v) is 2.86. The van der Waals surface area contributed by atoms with Crippen molar-refractivity contribution >= 4 is 5.91 Å². The summed E-state index contributed by atoms with van der Waals surface area (Å²) in [5.74, 6) is 1.93.